The standard InChI is InChI=1S/C16H16N6O4S/c1-2-16(14(25)26,9-4-3-8(27-9)13(23)24)5-7-6-19-12-10(20-7)11(17)21-15(18)22-12/h3-4,6H,2,5H2,1H3,(H,23,24)(H,25,26)(H4,17,18,19,21,22). The van der Waals surface area contributed by atoms with E-state index >= 15 is 0 Å². The summed E-state index contributed by atoms with van der Waals surface area (Å²) in [6, 6.07) is 2.93. The number of fused-ring (bicyclic) bond motifs is 1. The van der Waals surface area contributed by atoms with Gasteiger partial charge in [-0.2, -0.15) is 9.97 Å². The number of anilines is 2. The van der Waals surface area contributed by atoms with Crippen molar-refractivity contribution in [3.63, 3.8) is 0 Å². The van der Waals surface area contributed by atoms with Crippen molar-refractivity contribution >= 4 is 46.2 Å². The second kappa shape index (κ2) is 6.76. The molecule has 0 radical (unpaired) electrons. The highest BCUT2D eigenvalue weighted by Crippen LogP contribution is 2.37. The largest absolute Gasteiger partial charge is 0.481 e. The minimum atomic E-state index is -1.34. The molecule has 3 aromatic rings. The molecule has 0 aromatic carbocycles. The van der Waals surface area contributed by atoms with E-state index in [0.29, 0.717) is 10.6 Å². The lowest BCUT2D eigenvalue weighted by Gasteiger charge is -2.26. The van der Waals surface area contributed by atoms with Gasteiger partial charge in [-0.25, -0.2) is 14.8 Å². The van der Waals surface area contributed by atoms with Crippen molar-refractivity contribution in [3.8, 4) is 0 Å². The van der Waals surface area contributed by atoms with E-state index < -0.39 is 17.4 Å². The summed E-state index contributed by atoms with van der Waals surface area (Å²) in [4.78, 5) is 40.1. The highest BCUT2D eigenvalue weighted by Gasteiger charge is 2.41. The zero-order valence-corrected chi connectivity index (χ0v) is 15.0. The van der Waals surface area contributed by atoms with Crippen LogP contribution < -0.4 is 11.5 Å². The number of rotatable bonds is 6. The molecule has 0 spiro atoms. The van der Waals surface area contributed by atoms with Crippen LogP contribution in [0.5, 0.6) is 0 Å². The molecule has 10 nitrogen and oxygen atoms in total. The Balaban J connectivity index is 2.08. The van der Waals surface area contributed by atoms with Gasteiger partial charge in [0.15, 0.2) is 17.0 Å². The number of thiophene rings is 1. The average molecular weight is 388 g/mol. The number of nitrogens with zero attached hydrogens (tertiary/aromatic N) is 4. The molecule has 1 unspecified atom stereocenters. The van der Waals surface area contributed by atoms with Crippen LogP contribution in [0, 0.1) is 0 Å². The summed E-state index contributed by atoms with van der Waals surface area (Å²) in [7, 11) is 0. The molecule has 3 aromatic heterocycles. The van der Waals surface area contributed by atoms with Crippen LogP contribution in [0.25, 0.3) is 11.2 Å². The third-order valence-corrected chi connectivity index (χ3v) is 5.56. The lowest BCUT2D eigenvalue weighted by molar-refractivity contribution is -0.144. The molecule has 3 heterocycles. The maximum Gasteiger partial charge on any atom is 0.345 e. The third-order valence-electron chi connectivity index (χ3n) is 4.29. The Morgan fingerprint density at radius 3 is 2.52 bits per heavy atom. The molecule has 0 fully saturated rings. The van der Waals surface area contributed by atoms with Gasteiger partial charge in [-0.15, -0.1) is 11.3 Å². The van der Waals surface area contributed by atoms with Crippen molar-refractivity contribution in [2.24, 2.45) is 0 Å². The predicted molar refractivity (Wildman–Crippen MR) is 98.5 cm³/mol. The lowest BCUT2D eigenvalue weighted by Crippen LogP contribution is -2.37. The zero-order valence-electron chi connectivity index (χ0n) is 14.2. The smallest absolute Gasteiger partial charge is 0.345 e. The van der Waals surface area contributed by atoms with Crippen LogP contribution in [-0.2, 0) is 16.6 Å². The predicted octanol–water partition coefficient (Wildman–Crippen LogP) is 1.32. The number of nitrogens with two attached hydrogens (primary N) is 2. The first kappa shape index (κ1) is 18.5. The summed E-state index contributed by atoms with van der Waals surface area (Å²) < 4.78 is 0. The summed E-state index contributed by atoms with van der Waals surface area (Å²) in [5.41, 5.74) is 10.8. The molecule has 0 saturated heterocycles. The number of hydrogen-bond donors (Lipinski definition) is 4. The second-order valence-corrected chi connectivity index (χ2v) is 6.97. The van der Waals surface area contributed by atoms with Crippen LogP contribution in [0.3, 0.4) is 0 Å². The van der Waals surface area contributed by atoms with Gasteiger partial charge in [0.05, 0.1) is 11.9 Å². The van der Waals surface area contributed by atoms with E-state index in [1.165, 1.54) is 18.3 Å². The van der Waals surface area contributed by atoms with Crippen LogP contribution in [0.1, 0.15) is 33.6 Å². The Labute approximate surface area is 156 Å². The maximum atomic E-state index is 12.2. The third kappa shape index (κ3) is 3.24. The molecule has 0 saturated carbocycles. The van der Waals surface area contributed by atoms with Gasteiger partial charge >= 0.3 is 11.9 Å². The Morgan fingerprint density at radius 2 is 1.93 bits per heavy atom. The molecule has 0 bridgehead atoms. The van der Waals surface area contributed by atoms with Gasteiger partial charge in [0.1, 0.15) is 10.3 Å². The summed E-state index contributed by atoms with van der Waals surface area (Å²) in [5.74, 6) is -2.16. The van der Waals surface area contributed by atoms with Crippen molar-refractivity contribution < 1.29 is 19.8 Å². The topological polar surface area (TPSA) is 178 Å². The van der Waals surface area contributed by atoms with E-state index in [1.54, 1.807) is 6.92 Å². The number of aliphatic carboxylic acids is 1. The van der Waals surface area contributed by atoms with E-state index in [4.69, 9.17) is 16.6 Å². The zero-order chi connectivity index (χ0) is 19.8. The molecule has 6 N–H and O–H groups in total. The highest BCUT2D eigenvalue weighted by molar-refractivity contribution is 7.14. The van der Waals surface area contributed by atoms with E-state index in [9.17, 15) is 14.7 Å². The monoisotopic (exact) mass is 388 g/mol. The number of carboxylic acid groups (broad SMARTS) is 2. The van der Waals surface area contributed by atoms with Gasteiger partial charge in [-0.3, -0.25) is 4.79 Å². The van der Waals surface area contributed by atoms with E-state index in [-0.39, 0.29) is 40.6 Å². The van der Waals surface area contributed by atoms with Crippen molar-refractivity contribution in [1.29, 1.82) is 0 Å². The first-order valence-corrected chi connectivity index (χ1v) is 8.70. The fraction of sp³-hybridized carbons (Fsp3) is 0.250. The van der Waals surface area contributed by atoms with E-state index in [0.717, 1.165) is 11.3 Å². The maximum absolute atomic E-state index is 12.2. The van der Waals surface area contributed by atoms with Gasteiger partial charge in [-0.05, 0) is 18.6 Å². The normalized spacial score (nSPS) is 13.4. The molecule has 27 heavy (non-hydrogen) atoms. The minimum absolute atomic E-state index is 0.00512. The van der Waals surface area contributed by atoms with Gasteiger partial charge in [0.25, 0.3) is 0 Å². The van der Waals surface area contributed by atoms with Crippen molar-refractivity contribution in [2.45, 2.75) is 25.2 Å². The number of carbonyl (C=O) groups is 2. The summed E-state index contributed by atoms with van der Waals surface area (Å²) in [5, 5.41) is 19.1. The SMILES string of the molecule is CCC(Cc1cnc2nc(N)nc(N)c2n1)(C(=O)O)c1ccc(C(=O)O)s1. The molecular weight excluding hydrogens is 372 g/mol. The minimum Gasteiger partial charge on any atom is -0.481 e. The van der Waals surface area contributed by atoms with Crippen LogP contribution in [0.15, 0.2) is 18.3 Å². The number of hydrogen-bond acceptors (Lipinski definition) is 9. The molecule has 1 atom stereocenters. The molecule has 0 aliphatic rings. The van der Waals surface area contributed by atoms with Crippen LogP contribution in [0.4, 0.5) is 11.8 Å². The summed E-state index contributed by atoms with van der Waals surface area (Å²) in [6.07, 6.45) is 1.65. The van der Waals surface area contributed by atoms with Crippen molar-refractivity contribution in [2.75, 3.05) is 11.5 Å². The Bertz CT molecular complexity index is 1050. The van der Waals surface area contributed by atoms with Gasteiger partial charge < -0.3 is 21.7 Å². The van der Waals surface area contributed by atoms with Crippen molar-refractivity contribution in [1.82, 2.24) is 19.9 Å². The highest BCUT2D eigenvalue weighted by atomic mass is 32.1. The Hall–Kier alpha value is -3.34. The van der Waals surface area contributed by atoms with Gasteiger partial charge in [-0.1, -0.05) is 6.92 Å². The molecule has 140 valence electrons. The van der Waals surface area contributed by atoms with Crippen molar-refractivity contribution in [3.05, 3.63) is 33.8 Å². The number of nitrogen functional groups attached to an aromatic ring is 2. The average Bonchev–Trinajstić information content (AvgIpc) is 3.10. The molecule has 11 heteroatoms. The number of aromatic nitrogens is 4. The molecule has 3 rings (SSSR count). The number of carboxylic acids is 2. The van der Waals surface area contributed by atoms with E-state index in [1.807, 2.05) is 0 Å². The van der Waals surface area contributed by atoms with Crippen LogP contribution >= 0.6 is 11.3 Å². The fourth-order valence-corrected chi connectivity index (χ4v) is 3.90. The Kier molecular flexibility index (Phi) is 4.62. The lowest BCUT2D eigenvalue weighted by atomic mass is 9.79. The quantitative estimate of drug-likeness (QED) is 0.481. The summed E-state index contributed by atoms with van der Waals surface area (Å²) in [6.45, 7) is 1.72. The molecule has 0 amide bonds. The first-order chi connectivity index (χ1) is 12.8. The number of aromatic carboxylic acids is 1. The van der Waals surface area contributed by atoms with E-state index in [2.05, 4.69) is 19.9 Å². The molecule has 0 aliphatic carbocycles. The van der Waals surface area contributed by atoms with Gasteiger partial charge in [0.2, 0.25) is 5.95 Å². The molecular formula is C16H16N6O4S. The second-order valence-electron chi connectivity index (χ2n) is 5.89. The summed E-state index contributed by atoms with van der Waals surface area (Å²) >= 11 is 0.934. The van der Waals surface area contributed by atoms with Gasteiger partial charge in [0, 0.05) is 11.3 Å². The molecule has 0 aliphatic heterocycles. The Morgan fingerprint density at radius 1 is 1.19 bits per heavy atom. The fourth-order valence-electron chi connectivity index (χ4n) is 2.81. The van der Waals surface area contributed by atoms with Crippen LogP contribution in [0.2, 0.25) is 0 Å². The first-order valence-electron chi connectivity index (χ1n) is 7.88. The van der Waals surface area contributed by atoms with Crippen LogP contribution in [-0.4, -0.2) is 42.1 Å².